The van der Waals surface area contributed by atoms with Crippen molar-refractivity contribution in [1.29, 1.82) is 0 Å². The highest BCUT2D eigenvalue weighted by atomic mass is 16.4. The van der Waals surface area contributed by atoms with Crippen molar-refractivity contribution < 1.29 is 19.5 Å². The second-order valence-corrected chi connectivity index (χ2v) is 5.16. The Morgan fingerprint density at radius 2 is 1.76 bits per heavy atom. The molecule has 0 saturated heterocycles. The van der Waals surface area contributed by atoms with Gasteiger partial charge in [0.2, 0.25) is 5.91 Å². The monoisotopic (exact) mass is 292 g/mol. The van der Waals surface area contributed by atoms with Crippen molar-refractivity contribution in [2.24, 2.45) is 5.41 Å². The first-order valence-corrected chi connectivity index (χ1v) is 6.68. The van der Waals surface area contributed by atoms with Gasteiger partial charge in [0.25, 0.3) is 5.91 Å². The number of carboxylic acids is 1. The molecule has 2 amide bonds. The Kier molecular flexibility index (Phi) is 5.46. The first-order chi connectivity index (χ1) is 9.78. The third kappa shape index (κ3) is 4.59. The Morgan fingerprint density at radius 3 is 2.19 bits per heavy atom. The Hall–Kier alpha value is -2.37. The summed E-state index contributed by atoms with van der Waals surface area (Å²) in [6.45, 7) is 4.82. The van der Waals surface area contributed by atoms with Gasteiger partial charge >= 0.3 is 5.97 Å². The van der Waals surface area contributed by atoms with Crippen LogP contribution in [0, 0.1) is 5.41 Å². The zero-order chi connectivity index (χ0) is 16.0. The van der Waals surface area contributed by atoms with E-state index in [1.54, 1.807) is 38.1 Å². The summed E-state index contributed by atoms with van der Waals surface area (Å²) in [5, 5.41) is 14.4. The van der Waals surface area contributed by atoms with Gasteiger partial charge in [-0.25, -0.2) is 0 Å². The van der Waals surface area contributed by atoms with Crippen LogP contribution in [0.25, 0.3) is 0 Å². The number of carbonyl (C=O) groups excluding carboxylic acids is 2. The number of carboxylic acid groups (broad SMARTS) is 1. The van der Waals surface area contributed by atoms with Crippen molar-refractivity contribution in [3.8, 4) is 0 Å². The summed E-state index contributed by atoms with van der Waals surface area (Å²) >= 11 is 0. The lowest BCUT2D eigenvalue weighted by Crippen LogP contribution is -2.40. The van der Waals surface area contributed by atoms with E-state index in [0.717, 1.165) is 0 Å². The van der Waals surface area contributed by atoms with Crippen molar-refractivity contribution in [2.45, 2.75) is 27.2 Å². The molecule has 6 nitrogen and oxygen atoms in total. The van der Waals surface area contributed by atoms with Crippen LogP contribution in [0.3, 0.4) is 0 Å². The molecule has 3 N–H and O–H groups in total. The Morgan fingerprint density at radius 1 is 1.19 bits per heavy atom. The highest BCUT2D eigenvalue weighted by Gasteiger charge is 2.31. The zero-order valence-corrected chi connectivity index (χ0v) is 12.4. The highest BCUT2D eigenvalue weighted by Crippen LogP contribution is 2.20. The minimum absolute atomic E-state index is 0.0606. The molecule has 1 rings (SSSR count). The van der Waals surface area contributed by atoms with Gasteiger partial charge in [-0.05, 0) is 37.6 Å². The molecule has 0 fully saturated rings. The van der Waals surface area contributed by atoms with Gasteiger partial charge in [0.1, 0.15) is 0 Å². The molecule has 0 heterocycles. The van der Waals surface area contributed by atoms with Crippen LogP contribution < -0.4 is 10.6 Å². The van der Waals surface area contributed by atoms with E-state index in [9.17, 15) is 14.4 Å². The van der Waals surface area contributed by atoms with Crippen molar-refractivity contribution in [2.75, 3.05) is 11.9 Å². The molecule has 0 radical (unpaired) electrons. The Bertz CT molecular complexity index is 539. The smallest absolute Gasteiger partial charge is 0.311 e. The minimum Gasteiger partial charge on any atom is -0.481 e. The fraction of sp³-hybridized carbons (Fsp3) is 0.400. The third-order valence-electron chi connectivity index (χ3n) is 3.40. The lowest BCUT2D eigenvalue weighted by atomic mass is 9.87. The second kappa shape index (κ2) is 6.88. The van der Waals surface area contributed by atoms with Crippen LogP contribution in [0.2, 0.25) is 0 Å². The SMILES string of the molecule is CCC(C)(CNC(=O)c1ccc(NC(C)=O)cc1)C(=O)O. The van der Waals surface area contributed by atoms with Gasteiger partial charge in [-0.2, -0.15) is 0 Å². The quantitative estimate of drug-likeness (QED) is 0.746. The lowest BCUT2D eigenvalue weighted by Gasteiger charge is -2.23. The number of carbonyl (C=O) groups is 3. The molecule has 6 heteroatoms. The second-order valence-electron chi connectivity index (χ2n) is 5.16. The molecule has 114 valence electrons. The van der Waals surface area contributed by atoms with Gasteiger partial charge in [-0.3, -0.25) is 14.4 Å². The van der Waals surface area contributed by atoms with Crippen LogP contribution in [0.4, 0.5) is 5.69 Å². The number of rotatable bonds is 6. The molecule has 0 bridgehead atoms. The van der Waals surface area contributed by atoms with Crippen LogP contribution >= 0.6 is 0 Å². The van der Waals surface area contributed by atoms with Gasteiger partial charge in [0, 0.05) is 24.7 Å². The molecular formula is C15H20N2O4. The lowest BCUT2D eigenvalue weighted by molar-refractivity contribution is -0.147. The Balaban J connectivity index is 2.68. The zero-order valence-electron chi connectivity index (χ0n) is 12.4. The van der Waals surface area contributed by atoms with E-state index in [1.165, 1.54) is 6.92 Å². The summed E-state index contributed by atoms with van der Waals surface area (Å²) in [5.74, 6) is -1.47. The molecule has 0 spiro atoms. The maximum atomic E-state index is 12.0. The van der Waals surface area contributed by atoms with Gasteiger partial charge < -0.3 is 15.7 Å². The van der Waals surface area contributed by atoms with E-state index >= 15 is 0 Å². The fourth-order valence-electron chi connectivity index (χ4n) is 1.64. The predicted octanol–water partition coefficient (Wildman–Crippen LogP) is 1.88. The number of nitrogens with one attached hydrogen (secondary N) is 2. The fourth-order valence-corrected chi connectivity index (χ4v) is 1.64. The molecule has 0 aromatic heterocycles. The summed E-state index contributed by atoms with van der Waals surface area (Å²) in [6.07, 6.45) is 0.421. The maximum Gasteiger partial charge on any atom is 0.311 e. The largest absolute Gasteiger partial charge is 0.481 e. The summed E-state index contributed by atoms with van der Waals surface area (Å²) in [4.78, 5) is 34.0. The number of hydrogen-bond acceptors (Lipinski definition) is 3. The third-order valence-corrected chi connectivity index (χ3v) is 3.40. The Labute approximate surface area is 123 Å². The van der Waals surface area contributed by atoms with Crippen molar-refractivity contribution in [1.82, 2.24) is 5.32 Å². The molecular weight excluding hydrogens is 272 g/mol. The summed E-state index contributed by atoms with van der Waals surface area (Å²) in [6, 6.07) is 6.38. The van der Waals surface area contributed by atoms with E-state index < -0.39 is 11.4 Å². The first-order valence-electron chi connectivity index (χ1n) is 6.68. The highest BCUT2D eigenvalue weighted by molar-refractivity contribution is 5.95. The van der Waals surface area contributed by atoms with Crippen molar-refractivity contribution in [3.05, 3.63) is 29.8 Å². The maximum absolute atomic E-state index is 12.0. The molecule has 1 atom stereocenters. The molecule has 0 saturated carbocycles. The molecule has 0 aliphatic heterocycles. The molecule has 1 unspecified atom stereocenters. The van der Waals surface area contributed by atoms with E-state index in [1.807, 2.05) is 0 Å². The van der Waals surface area contributed by atoms with E-state index in [4.69, 9.17) is 5.11 Å². The van der Waals surface area contributed by atoms with Gasteiger partial charge in [0.05, 0.1) is 5.41 Å². The van der Waals surface area contributed by atoms with E-state index in [-0.39, 0.29) is 18.4 Å². The van der Waals surface area contributed by atoms with Crippen LogP contribution in [0.1, 0.15) is 37.6 Å². The van der Waals surface area contributed by atoms with E-state index in [2.05, 4.69) is 10.6 Å². The van der Waals surface area contributed by atoms with Gasteiger partial charge in [-0.1, -0.05) is 6.92 Å². The predicted molar refractivity (Wildman–Crippen MR) is 79.1 cm³/mol. The van der Waals surface area contributed by atoms with Crippen molar-refractivity contribution in [3.63, 3.8) is 0 Å². The number of aliphatic carboxylic acids is 1. The number of anilines is 1. The number of amides is 2. The topological polar surface area (TPSA) is 95.5 Å². The minimum atomic E-state index is -0.980. The van der Waals surface area contributed by atoms with Gasteiger partial charge in [0.15, 0.2) is 0 Å². The number of hydrogen-bond donors (Lipinski definition) is 3. The molecule has 0 aliphatic rings. The normalized spacial score (nSPS) is 13.1. The average molecular weight is 292 g/mol. The summed E-state index contributed by atoms with van der Waals surface area (Å²) in [7, 11) is 0. The van der Waals surface area contributed by atoms with Crippen LogP contribution in [0.15, 0.2) is 24.3 Å². The molecule has 21 heavy (non-hydrogen) atoms. The average Bonchev–Trinajstić information content (AvgIpc) is 2.44. The molecule has 1 aromatic carbocycles. The van der Waals surface area contributed by atoms with Crippen LogP contribution in [-0.2, 0) is 9.59 Å². The van der Waals surface area contributed by atoms with Crippen LogP contribution in [0.5, 0.6) is 0 Å². The van der Waals surface area contributed by atoms with E-state index in [0.29, 0.717) is 17.7 Å². The first kappa shape index (κ1) is 16.7. The molecule has 1 aromatic rings. The van der Waals surface area contributed by atoms with Gasteiger partial charge in [-0.15, -0.1) is 0 Å². The number of benzene rings is 1. The summed E-state index contributed by atoms with van der Waals surface area (Å²) in [5.41, 5.74) is 0.0297. The van der Waals surface area contributed by atoms with Crippen LogP contribution in [-0.4, -0.2) is 29.4 Å². The summed E-state index contributed by atoms with van der Waals surface area (Å²) < 4.78 is 0. The standard InChI is InChI=1S/C15H20N2O4/c1-4-15(3,14(20)21)9-16-13(19)11-5-7-12(8-6-11)17-10(2)18/h5-8H,4,9H2,1-3H3,(H,16,19)(H,17,18)(H,20,21). The van der Waals surface area contributed by atoms with Crippen molar-refractivity contribution >= 4 is 23.5 Å². The molecule has 0 aliphatic carbocycles.